The van der Waals surface area contributed by atoms with Crippen molar-refractivity contribution in [3.05, 3.63) is 47.1 Å². The Balaban J connectivity index is 2.00. The third-order valence-corrected chi connectivity index (χ3v) is 2.83. The van der Waals surface area contributed by atoms with Gasteiger partial charge in [0.1, 0.15) is 5.75 Å². The van der Waals surface area contributed by atoms with Crippen LogP contribution in [0.2, 0.25) is 0 Å². The van der Waals surface area contributed by atoms with Crippen molar-refractivity contribution in [2.45, 2.75) is 6.42 Å². The molecule has 0 spiro atoms. The first-order chi connectivity index (χ1) is 8.72. The minimum Gasteiger partial charge on any atom is -0.481 e. The minimum absolute atomic E-state index is 0.0211. The number of ether oxygens (including phenoxy) is 1. The highest BCUT2D eigenvalue weighted by Gasteiger charge is 2.18. The van der Waals surface area contributed by atoms with Gasteiger partial charge in [0.2, 0.25) is 5.90 Å². The van der Waals surface area contributed by atoms with E-state index in [1.54, 1.807) is 12.1 Å². The SMILES string of the molecule is O=C(O)Cc1ccc2c(c1)C=C1C=CCN=C1O2. The van der Waals surface area contributed by atoms with Gasteiger partial charge in [-0.3, -0.25) is 4.79 Å². The van der Waals surface area contributed by atoms with E-state index in [4.69, 9.17) is 9.84 Å². The predicted molar refractivity (Wildman–Crippen MR) is 67.8 cm³/mol. The van der Waals surface area contributed by atoms with Gasteiger partial charge < -0.3 is 9.84 Å². The highest BCUT2D eigenvalue weighted by atomic mass is 16.5. The summed E-state index contributed by atoms with van der Waals surface area (Å²) in [6, 6.07) is 5.41. The van der Waals surface area contributed by atoms with Crippen LogP contribution in [-0.2, 0) is 11.2 Å². The van der Waals surface area contributed by atoms with Crippen molar-refractivity contribution in [2.24, 2.45) is 4.99 Å². The van der Waals surface area contributed by atoms with E-state index in [0.29, 0.717) is 12.4 Å². The summed E-state index contributed by atoms with van der Waals surface area (Å²) in [6.07, 6.45) is 5.92. The first-order valence-electron chi connectivity index (χ1n) is 5.68. The second-order valence-electron chi connectivity index (χ2n) is 4.19. The molecule has 3 rings (SSSR count). The molecule has 0 atom stereocenters. The van der Waals surface area contributed by atoms with Crippen LogP contribution in [0, 0.1) is 0 Å². The van der Waals surface area contributed by atoms with Gasteiger partial charge in [-0.15, -0.1) is 0 Å². The number of hydrogen-bond donors (Lipinski definition) is 1. The molecular weight excluding hydrogens is 230 g/mol. The maximum Gasteiger partial charge on any atom is 0.307 e. The van der Waals surface area contributed by atoms with Crippen molar-refractivity contribution in [2.75, 3.05) is 6.54 Å². The molecule has 0 aromatic heterocycles. The van der Waals surface area contributed by atoms with Crippen molar-refractivity contribution < 1.29 is 14.6 Å². The van der Waals surface area contributed by atoms with Gasteiger partial charge in [0, 0.05) is 11.1 Å². The summed E-state index contributed by atoms with van der Waals surface area (Å²) >= 11 is 0. The van der Waals surface area contributed by atoms with Gasteiger partial charge in [0.05, 0.1) is 13.0 Å². The summed E-state index contributed by atoms with van der Waals surface area (Å²) in [5.74, 6) is 0.525. The van der Waals surface area contributed by atoms with Crippen LogP contribution in [0.1, 0.15) is 11.1 Å². The van der Waals surface area contributed by atoms with E-state index in [9.17, 15) is 4.79 Å². The number of nitrogens with zero attached hydrogens (tertiary/aromatic N) is 1. The number of carboxylic acids is 1. The average Bonchev–Trinajstić information content (AvgIpc) is 2.35. The molecule has 0 saturated carbocycles. The average molecular weight is 241 g/mol. The Morgan fingerprint density at radius 2 is 2.33 bits per heavy atom. The van der Waals surface area contributed by atoms with Gasteiger partial charge in [0.25, 0.3) is 0 Å². The van der Waals surface area contributed by atoms with Crippen molar-refractivity contribution in [3.8, 4) is 5.75 Å². The van der Waals surface area contributed by atoms with Crippen LogP contribution in [0.4, 0.5) is 0 Å². The lowest BCUT2D eigenvalue weighted by Crippen LogP contribution is -2.17. The number of fused-ring (bicyclic) bond motifs is 2. The minimum atomic E-state index is -0.834. The highest BCUT2D eigenvalue weighted by molar-refractivity contribution is 6.05. The zero-order valence-corrected chi connectivity index (χ0v) is 9.59. The van der Waals surface area contributed by atoms with Crippen molar-refractivity contribution in [1.82, 2.24) is 0 Å². The normalized spacial score (nSPS) is 16.0. The standard InChI is InChI=1S/C14H11NO3/c16-13(17)7-9-3-4-12-11(6-9)8-10-2-1-5-15-14(10)18-12/h1-4,6,8H,5,7H2,(H,16,17). The second kappa shape index (κ2) is 4.14. The molecule has 0 fully saturated rings. The quantitative estimate of drug-likeness (QED) is 0.862. The maximum absolute atomic E-state index is 10.7. The Morgan fingerprint density at radius 3 is 3.17 bits per heavy atom. The maximum atomic E-state index is 10.7. The molecule has 1 N–H and O–H groups in total. The number of rotatable bonds is 2. The molecule has 4 heteroatoms. The summed E-state index contributed by atoms with van der Waals surface area (Å²) in [5, 5.41) is 8.78. The topological polar surface area (TPSA) is 58.9 Å². The van der Waals surface area contributed by atoms with Gasteiger partial charge in [-0.1, -0.05) is 18.2 Å². The van der Waals surface area contributed by atoms with Crippen molar-refractivity contribution >= 4 is 17.9 Å². The van der Waals surface area contributed by atoms with Crippen LogP contribution in [0.25, 0.3) is 6.08 Å². The van der Waals surface area contributed by atoms with E-state index in [0.717, 1.165) is 22.4 Å². The Labute approximate surface area is 104 Å². The third-order valence-electron chi connectivity index (χ3n) is 2.83. The third kappa shape index (κ3) is 1.93. The lowest BCUT2D eigenvalue weighted by atomic mass is 10.0. The fourth-order valence-corrected chi connectivity index (χ4v) is 2.04. The zero-order valence-electron chi connectivity index (χ0n) is 9.59. The Hall–Kier alpha value is -2.36. The monoisotopic (exact) mass is 241 g/mol. The molecule has 0 amide bonds. The number of aliphatic carboxylic acids is 1. The number of aliphatic imine (C=N–C) groups is 1. The molecule has 2 heterocycles. The molecule has 0 saturated heterocycles. The van der Waals surface area contributed by atoms with Gasteiger partial charge in [-0.25, -0.2) is 4.99 Å². The van der Waals surface area contributed by atoms with Crippen molar-refractivity contribution in [3.63, 3.8) is 0 Å². The molecule has 4 nitrogen and oxygen atoms in total. The van der Waals surface area contributed by atoms with Crippen LogP contribution >= 0.6 is 0 Å². The van der Waals surface area contributed by atoms with E-state index in [1.807, 2.05) is 24.3 Å². The molecule has 0 unspecified atom stereocenters. The Kier molecular flexibility index (Phi) is 2.48. The largest absolute Gasteiger partial charge is 0.481 e. The van der Waals surface area contributed by atoms with E-state index < -0.39 is 5.97 Å². The van der Waals surface area contributed by atoms with E-state index >= 15 is 0 Å². The van der Waals surface area contributed by atoms with Gasteiger partial charge in [-0.2, -0.15) is 0 Å². The summed E-state index contributed by atoms with van der Waals surface area (Å²) < 4.78 is 5.68. The van der Waals surface area contributed by atoms with Gasteiger partial charge >= 0.3 is 5.97 Å². The van der Waals surface area contributed by atoms with Crippen LogP contribution in [0.15, 0.2) is 40.9 Å². The van der Waals surface area contributed by atoms with E-state index in [1.165, 1.54) is 0 Å². The van der Waals surface area contributed by atoms with Crippen LogP contribution < -0.4 is 4.74 Å². The predicted octanol–water partition coefficient (Wildman–Crippen LogP) is 2.06. The summed E-state index contributed by atoms with van der Waals surface area (Å²) in [5.41, 5.74) is 2.59. The molecular formula is C14H11NO3. The fourth-order valence-electron chi connectivity index (χ4n) is 2.04. The van der Waals surface area contributed by atoms with Crippen LogP contribution in [0.5, 0.6) is 5.75 Å². The van der Waals surface area contributed by atoms with Crippen molar-refractivity contribution in [1.29, 1.82) is 0 Å². The summed E-state index contributed by atoms with van der Waals surface area (Å²) in [7, 11) is 0. The first-order valence-corrected chi connectivity index (χ1v) is 5.68. The number of dihydropyridines is 1. The summed E-state index contributed by atoms with van der Waals surface area (Å²) in [6.45, 7) is 0.638. The molecule has 2 aliphatic rings. The Morgan fingerprint density at radius 1 is 1.44 bits per heavy atom. The van der Waals surface area contributed by atoms with Gasteiger partial charge in [0.15, 0.2) is 0 Å². The van der Waals surface area contributed by atoms with E-state index in [-0.39, 0.29) is 6.42 Å². The molecule has 90 valence electrons. The number of benzene rings is 1. The van der Waals surface area contributed by atoms with Crippen LogP contribution in [-0.4, -0.2) is 23.5 Å². The second-order valence-corrected chi connectivity index (χ2v) is 4.19. The Bertz CT molecular complexity index is 611. The molecule has 0 bridgehead atoms. The van der Waals surface area contributed by atoms with Gasteiger partial charge in [-0.05, 0) is 23.8 Å². The molecule has 18 heavy (non-hydrogen) atoms. The molecule has 0 radical (unpaired) electrons. The zero-order chi connectivity index (χ0) is 12.5. The molecule has 1 aromatic carbocycles. The molecule has 1 aromatic rings. The number of hydrogen-bond acceptors (Lipinski definition) is 3. The summed E-state index contributed by atoms with van der Waals surface area (Å²) in [4.78, 5) is 15.0. The molecule has 2 aliphatic heterocycles. The van der Waals surface area contributed by atoms with E-state index in [2.05, 4.69) is 4.99 Å². The number of carboxylic acid groups (broad SMARTS) is 1. The lowest BCUT2D eigenvalue weighted by Gasteiger charge is -2.19. The molecule has 0 aliphatic carbocycles. The first kappa shape index (κ1) is 10.8. The fraction of sp³-hybridized carbons (Fsp3) is 0.143. The smallest absolute Gasteiger partial charge is 0.307 e. The highest BCUT2D eigenvalue weighted by Crippen LogP contribution is 2.30. The van der Waals surface area contributed by atoms with Crippen LogP contribution in [0.3, 0.4) is 0 Å². The lowest BCUT2D eigenvalue weighted by molar-refractivity contribution is -0.136. The number of carbonyl (C=O) groups is 1.